The molecule has 27 heavy (non-hydrogen) atoms. The SMILES string of the molecule is CCOC(=N)c1ccc(Cc2ccc(OCC3CCCCC3)cc2)cc1.Cl. The lowest BCUT2D eigenvalue weighted by Gasteiger charge is -2.21. The number of halogens is 1. The number of nitrogens with one attached hydrogen (secondary N) is 1. The Bertz CT molecular complexity index is 691. The van der Waals surface area contributed by atoms with Gasteiger partial charge in [0.2, 0.25) is 5.90 Å². The third-order valence-electron chi connectivity index (χ3n) is 5.05. The summed E-state index contributed by atoms with van der Waals surface area (Å²) in [5.41, 5.74) is 3.32. The summed E-state index contributed by atoms with van der Waals surface area (Å²) in [5.74, 6) is 1.94. The molecule has 0 spiro atoms. The van der Waals surface area contributed by atoms with Gasteiger partial charge in [0, 0.05) is 5.56 Å². The topological polar surface area (TPSA) is 42.3 Å². The molecule has 0 heterocycles. The van der Waals surface area contributed by atoms with Crippen LogP contribution in [0.25, 0.3) is 0 Å². The van der Waals surface area contributed by atoms with Crippen molar-refractivity contribution in [3.05, 3.63) is 65.2 Å². The molecule has 3 rings (SSSR count). The molecule has 0 unspecified atom stereocenters. The van der Waals surface area contributed by atoms with Gasteiger partial charge in [-0.2, -0.15) is 0 Å². The van der Waals surface area contributed by atoms with Crippen molar-refractivity contribution in [3.63, 3.8) is 0 Å². The first-order chi connectivity index (χ1) is 12.7. The average Bonchev–Trinajstić information content (AvgIpc) is 2.69. The second kappa shape index (κ2) is 11.0. The van der Waals surface area contributed by atoms with Crippen molar-refractivity contribution in [2.75, 3.05) is 13.2 Å². The summed E-state index contributed by atoms with van der Waals surface area (Å²) >= 11 is 0. The van der Waals surface area contributed by atoms with E-state index in [9.17, 15) is 0 Å². The third-order valence-corrected chi connectivity index (χ3v) is 5.05. The van der Waals surface area contributed by atoms with Crippen LogP contribution in [0.4, 0.5) is 0 Å². The minimum absolute atomic E-state index is 0. The number of hydrogen-bond acceptors (Lipinski definition) is 3. The maximum Gasteiger partial charge on any atom is 0.213 e. The Balaban J connectivity index is 0.00000261. The maximum atomic E-state index is 7.82. The van der Waals surface area contributed by atoms with Gasteiger partial charge < -0.3 is 9.47 Å². The van der Waals surface area contributed by atoms with Crippen LogP contribution >= 0.6 is 12.4 Å². The van der Waals surface area contributed by atoms with Crippen molar-refractivity contribution < 1.29 is 9.47 Å². The molecule has 0 radical (unpaired) electrons. The summed E-state index contributed by atoms with van der Waals surface area (Å²) in [6.07, 6.45) is 7.61. The van der Waals surface area contributed by atoms with E-state index in [-0.39, 0.29) is 18.3 Å². The van der Waals surface area contributed by atoms with Gasteiger partial charge in [-0.05, 0) is 67.5 Å². The van der Waals surface area contributed by atoms with E-state index in [1.807, 2.05) is 19.1 Å². The van der Waals surface area contributed by atoms with Crippen LogP contribution in [0.15, 0.2) is 48.5 Å². The van der Waals surface area contributed by atoms with Gasteiger partial charge in [0.05, 0.1) is 13.2 Å². The van der Waals surface area contributed by atoms with Gasteiger partial charge in [0.15, 0.2) is 0 Å². The molecule has 1 N–H and O–H groups in total. The van der Waals surface area contributed by atoms with Crippen molar-refractivity contribution >= 4 is 18.3 Å². The maximum absolute atomic E-state index is 7.82. The fourth-order valence-corrected chi connectivity index (χ4v) is 3.51. The van der Waals surface area contributed by atoms with Gasteiger partial charge in [-0.15, -0.1) is 12.4 Å². The van der Waals surface area contributed by atoms with Gasteiger partial charge in [0.1, 0.15) is 5.75 Å². The van der Waals surface area contributed by atoms with Gasteiger partial charge >= 0.3 is 0 Å². The molecule has 1 fully saturated rings. The fraction of sp³-hybridized carbons (Fsp3) is 0.435. The van der Waals surface area contributed by atoms with Crippen molar-refractivity contribution in [2.45, 2.75) is 45.4 Å². The van der Waals surface area contributed by atoms with Crippen molar-refractivity contribution in [2.24, 2.45) is 5.92 Å². The normalized spacial score (nSPS) is 14.3. The van der Waals surface area contributed by atoms with E-state index in [4.69, 9.17) is 14.9 Å². The zero-order valence-electron chi connectivity index (χ0n) is 16.1. The lowest BCUT2D eigenvalue weighted by molar-refractivity contribution is 0.209. The van der Waals surface area contributed by atoms with E-state index in [1.54, 1.807) is 0 Å². The first-order valence-electron chi connectivity index (χ1n) is 9.77. The summed E-state index contributed by atoms with van der Waals surface area (Å²) < 4.78 is 11.2. The van der Waals surface area contributed by atoms with Crippen LogP contribution in [0.3, 0.4) is 0 Å². The van der Waals surface area contributed by atoms with Gasteiger partial charge in [-0.3, -0.25) is 5.41 Å². The molecule has 2 aromatic carbocycles. The fourth-order valence-electron chi connectivity index (χ4n) is 3.51. The lowest BCUT2D eigenvalue weighted by Crippen LogP contribution is -2.15. The third kappa shape index (κ3) is 6.59. The van der Waals surface area contributed by atoms with E-state index in [2.05, 4.69) is 36.4 Å². The highest BCUT2D eigenvalue weighted by Gasteiger charge is 2.13. The Labute approximate surface area is 169 Å². The van der Waals surface area contributed by atoms with Gasteiger partial charge in [-0.1, -0.05) is 43.5 Å². The summed E-state index contributed by atoms with van der Waals surface area (Å²) in [4.78, 5) is 0. The minimum atomic E-state index is 0. The van der Waals surface area contributed by atoms with Gasteiger partial charge in [0.25, 0.3) is 0 Å². The smallest absolute Gasteiger partial charge is 0.213 e. The first kappa shape index (κ1) is 21.3. The molecule has 146 valence electrons. The molecular weight excluding hydrogens is 358 g/mol. The molecule has 2 aromatic rings. The van der Waals surface area contributed by atoms with Crippen LogP contribution in [0.2, 0.25) is 0 Å². The van der Waals surface area contributed by atoms with Crippen LogP contribution in [-0.2, 0) is 11.2 Å². The lowest BCUT2D eigenvalue weighted by atomic mass is 9.90. The quantitative estimate of drug-likeness (QED) is 0.466. The second-order valence-electron chi connectivity index (χ2n) is 7.09. The van der Waals surface area contributed by atoms with Crippen molar-refractivity contribution in [3.8, 4) is 5.75 Å². The number of benzene rings is 2. The molecule has 1 saturated carbocycles. The van der Waals surface area contributed by atoms with Crippen LogP contribution < -0.4 is 4.74 Å². The number of ether oxygens (including phenoxy) is 2. The molecule has 0 saturated heterocycles. The summed E-state index contributed by atoms with van der Waals surface area (Å²) in [6, 6.07) is 16.5. The molecule has 4 heteroatoms. The van der Waals surface area contributed by atoms with Gasteiger partial charge in [-0.25, -0.2) is 0 Å². The highest BCUT2D eigenvalue weighted by atomic mass is 35.5. The largest absolute Gasteiger partial charge is 0.493 e. The number of hydrogen-bond donors (Lipinski definition) is 1. The number of rotatable bonds is 7. The van der Waals surface area contributed by atoms with Crippen molar-refractivity contribution in [1.82, 2.24) is 0 Å². The standard InChI is InChI=1S/C23H29NO2.ClH/c1-2-25-23(24)21-12-8-18(9-13-21)16-19-10-14-22(15-11-19)26-17-20-6-4-3-5-7-20;/h8-15,20,24H,2-7,16-17H2,1H3;1H. The Morgan fingerprint density at radius 3 is 2.11 bits per heavy atom. The monoisotopic (exact) mass is 387 g/mol. The second-order valence-corrected chi connectivity index (χ2v) is 7.09. The van der Waals surface area contributed by atoms with E-state index in [0.717, 1.165) is 30.3 Å². The Kier molecular flexibility index (Phi) is 8.66. The van der Waals surface area contributed by atoms with E-state index in [1.165, 1.54) is 43.2 Å². The summed E-state index contributed by atoms with van der Waals surface area (Å²) in [6.45, 7) is 3.27. The molecule has 0 amide bonds. The predicted molar refractivity (Wildman–Crippen MR) is 113 cm³/mol. The highest BCUT2D eigenvalue weighted by molar-refractivity contribution is 5.91. The van der Waals surface area contributed by atoms with E-state index in [0.29, 0.717) is 6.61 Å². The average molecular weight is 388 g/mol. The molecule has 0 aliphatic heterocycles. The summed E-state index contributed by atoms with van der Waals surface area (Å²) in [5, 5.41) is 7.82. The molecular formula is C23H30ClNO2. The van der Waals surface area contributed by atoms with Crippen LogP contribution in [0, 0.1) is 11.3 Å². The van der Waals surface area contributed by atoms with Crippen LogP contribution in [0.1, 0.15) is 55.7 Å². The zero-order chi connectivity index (χ0) is 18.2. The van der Waals surface area contributed by atoms with Crippen molar-refractivity contribution in [1.29, 1.82) is 5.41 Å². The van der Waals surface area contributed by atoms with E-state index < -0.39 is 0 Å². The molecule has 1 aliphatic rings. The zero-order valence-corrected chi connectivity index (χ0v) is 16.9. The Morgan fingerprint density at radius 2 is 1.52 bits per heavy atom. The Hall–Kier alpha value is -2.00. The predicted octanol–water partition coefficient (Wildman–Crippen LogP) is 6.02. The highest BCUT2D eigenvalue weighted by Crippen LogP contribution is 2.25. The van der Waals surface area contributed by atoms with Crippen LogP contribution in [0.5, 0.6) is 5.75 Å². The molecule has 1 aliphatic carbocycles. The first-order valence-corrected chi connectivity index (χ1v) is 9.77. The molecule has 0 aromatic heterocycles. The van der Waals surface area contributed by atoms with Crippen LogP contribution in [-0.4, -0.2) is 19.1 Å². The molecule has 0 bridgehead atoms. The van der Waals surface area contributed by atoms with E-state index >= 15 is 0 Å². The summed E-state index contributed by atoms with van der Waals surface area (Å²) in [7, 11) is 0. The molecule has 0 atom stereocenters. The minimum Gasteiger partial charge on any atom is -0.493 e. The molecule has 3 nitrogen and oxygen atoms in total. The Morgan fingerprint density at radius 1 is 0.926 bits per heavy atom.